The Kier molecular flexibility index (Phi) is 2.14. The van der Waals surface area contributed by atoms with Crippen molar-refractivity contribution in [3.05, 3.63) is 11.1 Å². The first-order valence-corrected chi connectivity index (χ1v) is 5.34. The lowest BCUT2D eigenvalue weighted by atomic mass is 9.86. The lowest BCUT2D eigenvalue weighted by Gasteiger charge is -2.43. The molecule has 0 aromatic carbocycles. The van der Waals surface area contributed by atoms with Gasteiger partial charge in [-0.2, -0.15) is 0 Å². The van der Waals surface area contributed by atoms with Gasteiger partial charge in [-0.25, -0.2) is 0 Å². The molecule has 14 heavy (non-hydrogen) atoms. The van der Waals surface area contributed by atoms with E-state index in [2.05, 4.69) is 19.2 Å². The van der Waals surface area contributed by atoms with E-state index in [1.807, 2.05) is 11.8 Å². The Bertz CT molecular complexity index is 308. The SMILES string of the molecule is CCC12CNCCN1C(=O)C(C)=C2C. The van der Waals surface area contributed by atoms with Gasteiger partial charge in [-0.1, -0.05) is 6.92 Å². The molecule has 3 heteroatoms. The molecule has 78 valence electrons. The molecule has 0 bridgehead atoms. The summed E-state index contributed by atoms with van der Waals surface area (Å²) in [7, 11) is 0. The highest BCUT2D eigenvalue weighted by atomic mass is 16.2. The highest BCUT2D eigenvalue weighted by Gasteiger charge is 2.47. The van der Waals surface area contributed by atoms with Gasteiger partial charge in [-0.05, 0) is 25.8 Å². The molecule has 1 saturated heterocycles. The molecule has 0 spiro atoms. The second-order valence-corrected chi connectivity index (χ2v) is 4.27. The van der Waals surface area contributed by atoms with Crippen molar-refractivity contribution in [1.82, 2.24) is 10.2 Å². The summed E-state index contributed by atoms with van der Waals surface area (Å²) < 4.78 is 0. The van der Waals surface area contributed by atoms with Crippen LogP contribution in [0.1, 0.15) is 27.2 Å². The summed E-state index contributed by atoms with van der Waals surface area (Å²) >= 11 is 0. The van der Waals surface area contributed by atoms with Crippen molar-refractivity contribution in [2.75, 3.05) is 19.6 Å². The molecular formula is C11H18N2O. The number of piperazine rings is 1. The van der Waals surface area contributed by atoms with Crippen LogP contribution < -0.4 is 5.32 Å². The second-order valence-electron chi connectivity index (χ2n) is 4.27. The maximum absolute atomic E-state index is 12.0. The summed E-state index contributed by atoms with van der Waals surface area (Å²) in [5, 5.41) is 3.39. The van der Waals surface area contributed by atoms with Crippen LogP contribution in [0.25, 0.3) is 0 Å². The van der Waals surface area contributed by atoms with Gasteiger partial charge in [0.1, 0.15) is 0 Å². The lowest BCUT2D eigenvalue weighted by Crippen LogP contribution is -2.60. The zero-order chi connectivity index (χ0) is 10.3. The smallest absolute Gasteiger partial charge is 0.250 e. The predicted octanol–water partition coefficient (Wildman–Crippen LogP) is 0.917. The van der Waals surface area contributed by atoms with Crippen molar-refractivity contribution in [3.8, 4) is 0 Å². The first kappa shape index (κ1) is 9.71. The summed E-state index contributed by atoms with van der Waals surface area (Å²) in [6.45, 7) is 8.90. The quantitative estimate of drug-likeness (QED) is 0.673. The zero-order valence-corrected chi connectivity index (χ0v) is 9.18. The molecule has 2 rings (SSSR count). The number of hydrogen-bond acceptors (Lipinski definition) is 2. The minimum atomic E-state index is -0.0145. The average Bonchev–Trinajstić information content (AvgIpc) is 2.42. The third-order valence-corrected chi connectivity index (χ3v) is 3.86. The monoisotopic (exact) mass is 194 g/mol. The third-order valence-electron chi connectivity index (χ3n) is 3.86. The van der Waals surface area contributed by atoms with E-state index < -0.39 is 0 Å². The summed E-state index contributed by atoms with van der Waals surface area (Å²) in [6, 6.07) is 0. The lowest BCUT2D eigenvalue weighted by molar-refractivity contribution is -0.130. The molecule has 2 heterocycles. The van der Waals surface area contributed by atoms with E-state index >= 15 is 0 Å². The predicted molar refractivity (Wildman–Crippen MR) is 56.0 cm³/mol. The van der Waals surface area contributed by atoms with Gasteiger partial charge in [0.25, 0.3) is 0 Å². The molecule has 1 N–H and O–H groups in total. The van der Waals surface area contributed by atoms with Gasteiger partial charge >= 0.3 is 0 Å². The van der Waals surface area contributed by atoms with E-state index in [0.29, 0.717) is 0 Å². The van der Waals surface area contributed by atoms with Crippen LogP contribution in [-0.2, 0) is 4.79 Å². The third kappa shape index (κ3) is 0.989. The van der Waals surface area contributed by atoms with Gasteiger partial charge in [0.05, 0.1) is 5.54 Å². The van der Waals surface area contributed by atoms with E-state index in [0.717, 1.165) is 31.6 Å². The van der Waals surface area contributed by atoms with Crippen molar-refractivity contribution in [2.24, 2.45) is 0 Å². The summed E-state index contributed by atoms with van der Waals surface area (Å²) in [6.07, 6.45) is 1.01. The van der Waals surface area contributed by atoms with E-state index in [-0.39, 0.29) is 11.4 Å². The topological polar surface area (TPSA) is 32.3 Å². The molecule has 0 aromatic rings. The van der Waals surface area contributed by atoms with Crippen LogP contribution >= 0.6 is 0 Å². The van der Waals surface area contributed by atoms with Crippen LogP contribution in [0.3, 0.4) is 0 Å². The molecule has 0 aromatic heterocycles. The normalized spacial score (nSPS) is 32.5. The van der Waals surface area contributed by atoms with Gasteiger partial charge in [-0.3, -0.25) is 4.79 Å². The Morgan fingerprint density at radius 3 is 2.79 bits per heavy atom. The molecule has 0 radical (unpaired) electrons. The number of hydrogen-bond donors (Lipinski definition) is 1. The number of carbonyl (C=O) groups excluding carboxylic acids is 1. The summed E-state index contributed by atoms with van der Waals surface area (Å²) in [4.78, 5) is 14.0. The van der Waals surface area contributed by atoms with Crippen LogP contribution in [0.2, 0.25) is 0 Å². The minimum Gasteiger partial charge on any atom is -0.327 e. The van der Waals surface area contributed by atoms with Crippen molar-refractivity contribution in [1.29, 1.82) is 0 Å². The standard InChI is InChI=1S/C11H18N2O/c1-4-11-7-12-5-6-13(11)10(14)8(2)9(11)3/h12H,4-7H2,1-3H3. The number of amides is 1. The Hall–Kier alpha value is -0.830. The van der Waals surface area contributed by atoms with Crippen LogP contribution in [-0.4, -0.2) is 36.0 Å². The molecular weight excluding hydrogens is 176 g/mol. The molecule has 2 aliphatic heterocycles. The Labute approximate surface area is 85.2 Å². The first-order valence-electron chi connectivity index (χ1n) is 5.34. The molecule has 0 aliphatic carbocycles. The number of fused-ring (bicyclic) bond motifs is 1. The van der Waals surface area contributed by atoms with Gasteiger partial charge in [0, 0.05) is 25.2 Å². The number of carbonyl (C=O) groups is 1. The van der Waals surface area contributed by atoms with Crippen molar-refractivity contribution >= 4 is 5.91 Å². The molecule has 1 fully saturated rings. The number of nitrogens with zero attached hydrogens (tertiary/aromatic N) is 1. The zero-order valence-electron chi connectivity index (χ0n) is 9.18. The van der Waals surface area contributed by atoms with E-state index in [9.17, 15) is 4.79 Å². The highest BCUT2D eigenvalue weighted by molar-refractivity contribution is 5.98. The van der Waals surface area contributed by atoms with Crippen molar-refractivity contribution in [2.45, 2.75) is 32.7 Å². The summed E-state index contributed by atoms with van der Waals surface area (Å²) in [5.74, 6) is 0.242. The summed E-state index contributed by atoms with van der Waals surface area (Å²) in [5.41, 5.74) is 2.20. The van der Waals surface area contributed by atoms with Gasteiger partial charge in [0.15, 0.2) is 0 Å². The molecule has 1 atom stereocenters. The Balaban J connectivity index is 2.45. The average molecular weight is 194 g/mol. The van der Waals surface area contributed by atoms with Crippen molar-refractivity contribution in [3.63, 3.8) is 0 Å². The second kappa shape index (κ2) is 3.09. The molecule has 1 amide bonds. The number of rotatable bonds is 1. The Morgan fingerprint density at radius 2 is 2.21 bits per heavy atom. The Morgan fingerprint density at radius 1 is 1.50 bits per heavy atom. The van der Waals surface area contributed by atoms with E-state index in [1.165, 1.54) is 5.57 Å². The van der Waals surface area contributed by atoms with Crippen molar-refractivity contribution < 1.29 is 4.79 Å². The largest absolute Gasteiger partial charge is 0.327 e. The van der Waals surface area contributed by atoms with Crippen LogP contribution in [0.5, 0.6) is 0 Å². The van der Waals surface area contributed by atoms with Gasteiger partial charge in [0.2, 0.25) is 5.91 Å². The van der Waals surface area contributed by atoms with E-state index in [4.69, 9.17) is 0 Å². The first-order chi connectivity index (χ1) is 6.63. The van der Waals surface area contributed by atoms with Crippen LogP contribution in [0.4, 0.5) is 0 Å². The highest BCUT2D eigenvalue weighted by Crippen LogP contribution is 2.38. The van der Waals surface area contributed by atoms with Gasteiger partial charge in [-0.15, -0.1) is 0 Å². The van der Waals surface area contributed by atoms with Gasteiger partial charge < -0.3 is 10.2 Å². The fourth-order valence-corrected chi connectivity index (χ4v) is 2.72. The maximum Gasteiger partial charge on any atom is 0.250 e. The fraction of sp³-hybridized carbons (Fsp3) is 0.727. The number of nitrogens with one attached hydrogen (secondary N) is 1. The van der Waals surface area contributed by atoms with Crippen LogP contribution in [0, 0.1) is 0 Å². The van der Waals surface area contributed by atoms with E-state index in [1.54, 1.807) is 0 Å². The molecule has 0 saturated carbocycles. The molecule has 1 unspecified atom stereocenters. The maximum atomic E-state index is 12.0. The molecule has 3 nitrogen and oxygen atoms in total. The molecule has 2 aliphatic rings. The minimum absolute atomic E-state index is 0.0145. The van der Waals surface area contributed by atoms with Crippen LogP contribution in [0.15, 0.2) is 11.1 Å². The fourth-order valence-electron chi connectivity index (χ4n) is 2.72.